The number of carbonyl (C=O) groups excluding carboxylic acids is 1. The second kappa shape index (κ2) is 6.71. The standard InChI is InChI=1S/C14H15BrN2O5S/c1-4-21-14(18)10-5-6-12(11(15)7-10)23(19,20)17-13-8(2)16-22-9(13)3/h5-7,17H,4H2,1-3H3. The zero-order valence-electron chi connectivity index (χ0n) is 12.7. The summed E-state index contributed by atoms with van der Waals surface area (Å²) in [6, 6.07) is 4.13. The molecule has 0 amide bonds. The van der Waals surface area contributed by atoms with Gasteiger partial charge in [-0.25, -0.2) is 13.2 Å². The number of nitrogens with zero attached hydrogens (tertiary/aromatic N) is 1. The molecule has 1 aromatic carbocycles. The molecular weight excluding hydrogens is 388 g/mol. The number of aromatic nitrogens is 1. The molecule has 7 nitrogen and oxygen atoms in total. The van der Waals surface area contributed by atoms with Crippen molar-refractivity contribution in [1.29, 1.82) is 0 Å². The number of esters is 1. The summed E-state index contributed by atoms with van der Waals surface area (Å²) in [5, 5.41) is 3.70. The molecule has 124 valence electrons. The van der Waals surface area contributed by atoms with Crippen molar-refractivity contribution in [3.05, 3.63) is 39.7 Å². The summed E-state index contributed by atoms with van der Waals surface area (Å²) >= 11 is 3.18. The Hall–Kier alpha value is -1.87. The van der Waals surface area contributed by atoms with Crippen molar-refractivity contribution in [3.8, 4) is 0 Å². The molecule has 0 bridgehead atoms. The molecule has 0 saturated heterocycles. The second-order valence-electron chi connectivity index (χ2n) is 4.67. The molecule has 1 N–H and O–H groups in total. The summed E-state index contributed by atoms with van der Waals surface area (Å²) in [7, 11) is -3.86. The van der Waals surface area contributed by atoms with E-state index in [1.165, 1.54) is 18.2 Å². The summed E-state index contributed by atoms with van der Waals surface area (Å²) in [5.74, 6) is -0.152. The number of sulfonamides is 1. The molecule has 0 spiro atoms. The van der Waals surface area contributed by atoms with Crippen LogP contribution in [0, 0.1) is 13.8 Å². The quantitative estimate of drug-likeness (QED) is 0.771. The summed E-state index contributed by atoms with van der Waals surface area (Å²) < 4.78 is 37.5. The average Bonchev–Trinajstić information content (AvgIpc) is 2.78. The van der Waals surface area contributed by atoms with E-state index in [1.807, 2.05) is 0 Å². The highest BCUT2D eigenvalue weighted by Gasteiger charge is 2.22. The fourth-order valence-corrected chi connectivity index (χ4v) is 4.13. The first kappa shape index (κ1) is 17.5. The Bertz CT molecular complexity index is 825. The van der Waals surface area contributed by atoms with E-state index in [0.29, 0.717) is 17.1 Å². The van der Waals surface area contributed by atoms with Crippen LogP contribution in [0.15, 0.2) is 32.1 Å². The number of benzene rings is 1. The van der Waals surface area contributed by atoms with Crippen LogP contribution in [-0.2, 0) is 14.8 Å². The van der Waals surface area contributed by atoms with Crippen LogP contribution >= 0.6 is 15.9 Å². The summed E-state index contributed by atoms with van der Waals surface area (Å²) in [5.41, 5.74) is 0.992. The predicted octanol–water partition coefficient (Wildman–Crippen LogP) is 3.03. The molecule has 0 fully saturated rings. The van der Waals surface area contributed by atoms with Crippen LogP contribution < -0.4 is 4.72 Å². The van der Waals surface area contributed by atoms with Crippen molar-refractivity contribution in [2.24, 2.45) is 0 Å². The van der Waals surface area contributed by atoms with E-state index >= 15 is 0 Å². The lowest BCUT2D eigenvalue weighted by molar-refractivity contribution is 0.0526. The number of halogens is 1. The number of rotatable bonds is 5. The Morgan fingerprint density at radius 1 is 1.39 bits per heavy atom. The van der Waals surface area contributed by atoms with Gasteiger partial charge in [0.15, 0.2) is 5.76 Å². The SMILES string of the molecule is CCOC(=O)c1ccc(S(=O)(=O)Nc2c(C)noc2C)c(Br)c1. The highest BCUT2D eigenvalue weighted by Crippen LogP contribution is 2.28. The fourth-order valence-electron chi connectivity index (χ4n) is 1.88. The van der Waals surface area contributed by atoms with E-state index in [2.05, 4.69) is 25.8 Å². The minimum Gasteiger partial charge on any atom is -0.462 e. The zero-order chi connectivity index (χ0) is 17.2. The number of hydrogen-bond donors (Lipinski definition) is 1. The number of ether oxygens (including phenoxy) is 1. The third kappa shape index (κ3) is 3.73. The first-order valence-electron chi connectivity index (χ1n) is 6.68. The lowest BCUT2D eigenvalue weighted by Crippen LogP contribution is -2.15. The van der Waals surface area contributed by atoms with E-state index in [4.69, 9.17) is 9.26 Å². The van der Waals surface area contributed by atoms with Gasteiger partial charge in [0.2, 0.25) is 0 Å². The van der Waals surface area contributed by atoms with E-state index in [0.717, 1.165) is 0 Å². The third-order valence-corrected chi connectivity index (χ3v) is 5.33. The van der Waals surface area contributed by atoms with Crippen LogP contribution in [0.1, 0.15) is 28.7 Å². The Morgan fingerprint density at radius 2 is 2.09 bits per heavy atom. The molecule has 9 heteroatoms. The van der Waals surface area contributed by atoms with Gasteiger partial charge in [-0.15, -0.1) is 0 Å². The molecule has 0 aliphatic carbocycles. The van der Waals surface area contributed by atoms with Crippen LogP contribution in [-0.4, -0.2) is 26.2 Å². The van der Waals surface area contributed by atoms with Gasteiger partial charge in [-0.05, 0) is 54.9 Å². The molecule has 0 aliphatic rings. The fraction of sp³-hybridized carbons (Fsp3) is 0.286. The first-order valence-corrected chi connectivity index (χ1v) is 8.96. The van der Waals surface area contributed by atoms with Gasteiger partial charge < -0.3 is 9.26 Å². The molecule has 0 aliphatic heterocycles. The van der Waals surface area contributed by atoms with Crippen LogP contribution in [0.25, 0.3) is 0 Å². The molecule has 1 heterocycles. The van der Waals surface area contributed by atoms with Gasteiger partial charge in [0, 0.05) is 4.47 Å². The summed E-state index contributed by atoms with van der Waals surface area (Å²) in [4.78, 5) is 11.7. The number of nitrogens with one attached hydrogen (secondary N) is 1. The highest BCUT2D eigenvalue weighted by molar-refractivity contribution is 9.10. The van der Waals surface area contributed by atoms with E-state index in [-0.39, 0.29) is 21.5 Å². The van der Waals surface area contributed by atoms with Gasteiger partial charge in [0.1, 0.15) is 16.3 Å². The van der Waals surface area contributed by atoms with Gasteiger partial charge >= 0.3 is 5.97 Å². The lowest BCUT2D eigenvalue weighted by atomic mass is 10.2. The molecular formula is C14H15BrN2O5S. The minimum absolute atomic E-state index is 0.00875. The summed E-state index contributed by atoms with van der Waals surface area (Å²) in [6.45, 7) is 5.17. The highest BCUT2D eigenvalue weighted by atomic mass is 79.9. The maximum absolute atomic E-state index is 12.5. The van der Waals surface area contributed by atoms with Crippen molar-refractivity contribution in [2.75, 3.05) is 11.3 Å². The Labute approximate surface area is 142 Å². The number of carbonyl (C=O) groups is 1. The number of aryl methyl sites for hydroxylation is 2. The van der Waals surface area contributed by atoms with Crippen molar-refractivity contribution < 1.29 is 22.5 Å². The predicted molar refractivity (Wildman–Crippen MR) is 86.9 cm³/mol. The van der Waals surface area contributed by atoms with Crippen molar-refractivity contribution in [2.45, 2.75) is 25.7 Å². The number of hydrogen-bond acceptors (Lipinski definition) is 6. The topological polar surface area (TPSA) is 98.5 Å². The van der Waals surface area contributed by atoms with E-state index < -0.39 is 16.0 Å². The first-order chi connectivity index (χ1) is 10.8. The van der Waals surface area contributed by atoms with Gasteiger partial charge in [-0.1, -0.05) is 5.16 Å². The Kier molecular flexibility index (Phi) is 5.10. The molecule has 0 atom stereocenters. The summed E-state index contributed by atoms with van der Waals surface area (Å²) in [6.07, 6.45) is 0. The van der Waals surface area contributed by atoms with E-state index in [1.54, 1.807) is 20.8 Å². The zero-order valence-corrected chi connectivity index (χ0v) is 15.1. The Balaban J connectivity index is 2.35. The Morgan fingerprint density at radius 3 is 2.61 bits per heavy atom. The van der Waals surface area contributed by atoms with Gasteiger partial charge in [-0.3, -0.25) is 4.72 Å². The van der Waals surface area contributed by atoms with Crippen molar-refractivity contribution in [3.63, 3.8) is 0 Å². The minimum atomic E-state index is -3.86. The van der Waals surface area contributed by atoms with Crippen LogP contribution in [0.3, 0.4) is 0 Å². The number of anilines is 1. The second-order valence-corrected chi connectivity index (χ2v) is 7.18. The van der Waals surface area contributed by atoms with Crippen LogP contribution in [0.5, 0.6) is 0 Å². The molecule has 2 aromatic rings. The van der Waals surface area contributed by atoms with Crippen molar-refractivity contribution >= 4 is 37.6 Å². The maximum atomic E-state index is 12.5. The third-order valence-electron chi connectivity index (χ3n) is 3.00. The van der Waals surface area contributed by atoms with Gasteiger partial charge in [0.05, 0.1) is 12.2 Å². The molecule has 2 rings (SSSR count). The van der Waals surface area contributed by atoms with Crippen LogP contribution in [0.4, 0.5) is 5.69 Å². The lowest BCUT2D eigenvalue weighted by Gasteiger charge is -2.10. The van der Waals surface area contributed by atoms with Crippen molar-refractivity contribution in [1.82, 2.24) is 5.16 Å². The molecule has 1 aromatic heterocycles. The molecule has 0 saturated carbocycles. The average molecular weight is 403 g/mol. The van der Waals surface area contributed by atoms with E-state index in [9.17, 15) is 13.2 Å². The molecule has 23 heavy (non-hydrogen) atoms. The van der Waals surface area contributed by atoms with Crippen LogP contribution in [0.2, 0.25) is 0 Å². The smallest absolute Gasteiger partial charge is 0.338 e. The normalized spacial score (nSPS) is 11.3. The molecule has 0 unspecified atom stereocenters. The monoisotopic (exact) mass is 402 g/mol. The van der Waals surface area contributed by atoms with Gasteiger partial charge in [0.25, 0.3) is 10.0 Å². The maximum Gasteiger partial charge on any atom is 0.338 e. The molecule has 0 radical (unpaired) electrons. The largest absolute Gasteiger partial charge is 0.462 e. The van der Waals surface area contributed by atoms with Gasteiger partial charge in [-0.2, -0.15) is 0 Å².